The molecule has 30 heavy (non-hydrogen) atoms. The molecule has 2 rings (SSSR count). The van der Waals surface area contributed by atoms with Crippen LogP contribution in [0.1, 0.15) is 18.9 Å². The van der Waals surface area contributed by atoms with E-state index in [1.54, 1.807) is 31.4 Å². The highest BCUT2D eigenvalue weighted by molar-refractivity contribution is 5.97. The first-order valence-corrected chi connectivity index (χ1v) is 9.67. The van der Waals surface area contributed by atoms with Crippen LogP contribution in [-0.4, -0.2) is 70.4 Å². The molecule has 0 bridgehead atoms. The van der Waals surface area contributed by atoms with Crippen molar-refractivity contribution in [3.63, 3.8) is 0 Å². The molecule has 1 aliphatic carbocycles. The largest absolute Gasteiger partial charge is 0.508 e. The van der Waals surface area contributed by atoms with Crippen LogP contribution < -0.4 is 21.7 Å². The molecule has 9 N–H and O–H groups in total. The van der Waals surface area contributed by atoms with Gasteiger partial charge in [0.25, 0.3) is 5.91 Å². The number of carbonyl (C=O) groups is 3. The van der Waals surface area contributed by atoms with Crippen LogP contribution >= 0.6 is 0 Å². The summed E-state index contributed by atoms with van der Waals surface area (Å²) in [6, 6.07) is 3.75. The van der Waals surface area contributed by atoms with Crippen molar-refractivity contribution in [2.45, 2.75) is 50.1 Å². The SMILES string of the molecule is C[NH2+][C@@H](C)C(=O)N[C@@H]1C=C(C(=O)N[C@@H](Cc2ccc(O)cc2)C(N)=O)C[C@@H](O)[C@@H]1O. The number of aliphatic hydroxyl groups excluding tert-OH is 2. The molecule has 5 atom stereocenters. The molecule has 0 unspecified atom stereocenters. The molecule has 0 aromatic heterocycles. The molecule has 0 saturated heterocycles. The maximum absolute atomic E-state index is 12.7. The molecular weight excluding hydrogens is 392 g/mol. The van der Waals surface area contributed by atoms with E-state index in [-0.39, 0.29) is 30.1 Å². The van der Waals surface area contributed by atoms with E-state index in [0.717, 1.165) is 0 Å². The first-order valence-electron chi connectivity index (χ1n) is 9.67. The van der Waals surface area contributed by atoms with Crippen LogP contribution in [-0.2, 0) is 20.8 Å². The Hall–Kier alpha value is -2.95. The molecule has 1 aromatic carbocycles. The standard InChI is InChI=1S/C20H28N4O6/c1-10(22-2)19(29)23-14-8-12(9-16(26)17(14)27)20(30)24-15(18(21)28)7-11-3-5-13(25)6-4-11/h3-6,8,10,14-17,22,25-27H,7,9H2,1-2H3,(H2,21,28)(H,23,29)(H,24,30)/p+1/t10-,14+,15-,16+,17+/m0/s1. The lowest BCUT2D eigenvalue weighted by molar-refractivity contribution is -0.646. The summed E-state index contributed by atoms with van der Waals surface area (Å²) in [5.41, 5.74) is 6.22. The monoisotopic (exact) mass is 421 g/mol. The van der Waals surface area contributed by atoms with E-state index in [2.05, 4.69) is 10.6 Å². The van der Waals surface area contributed by atoms with Gasteiger partial charge < -0.3 is 37.0 Å². The molecule has 10 nitrogen and oxygen atoms in total. The normalized spacial score (nSPS) is 23.1. The molecule has 0 saturated carbocycles. The molecule has 10 heteroatoms. The topological polar surface area (TPSA) is 179 Å². The van der Waals surface area contributed by atoms with E-state index >= 15 is 0 Å². The average Bonchev–Trinajstić information content (AvgIpc) is 2.71. The van der Waals surface area contributed by atoms with Crippen molar-refractivity contribution in [3.05, 3.63) is 41.5 Å². The zero-order chi connectivity index (χ0) is 22.4. The Labute approximate surface area is 174 Å². The van der Waals surface area contributed by atoms with E-state index < -0.39 is 42.1 Å². The van der Waals surface area contributed by atoms with Crippen LogP contribution in [0.5, 0.6) is 5.75 Å². The lowest BCUT2D eigenvalue weighted by atomic mass is 9.89. The van der Waals surface area contributed by atoms with Gasteiger partial charge in [-0.25, -0.2) is 0 Å². The summed E-state index contributed by atoms with van der Waals surface area (Å²) in [5, 5.41) is 36.5. The van der Waals surface area contributed by atoms with Gasteiger partial charge >= 0.3 is 0 Å². The number of benzene rings is 1. The number of primary amides is 1. The Morgan fingerprint density at radius 2 is 1.87 bits per heavy atom. The first kappa shape index (κ1) is 23.3. The Morgan fingerprint density at radius 3 is 2.43 bits per heavy atom. The second-order valence-corrected chi connectivity index (χ2v) is 7.41. The summed E-state index contributed by atoms with van der Waals surface area (Å²) in [6.45, 7) is 1.68. The summed E-state index contributed by atoms with van der Waals surface area (Å²) < 4.78 is 0. The molecule has 0 heterocycles. The third-order valence-corrected chi connectivity index (χ3v) is 5.11. The third kappa shape index (κ3) is 6.02. The molecule has 1 aromatic rings. The molecule has 0 radical (unpaired) electrons. The maximum atomic E-state index is 12.7. The quantitative estimate of drug-likeness (QED) is 0.235. The Morgan fingerprint density at radius 1 is 1.23 bits per heavy atom. The van der Waals surface area contributed by atoms with E-state index in [1.165, 1.54) is 18.2 Å². The number of phenols is 1. The van der Waals surface area contributed by atoms with Crippen molar-refractivity contribution in [1.29, 1.82) is 0 Å². The van der Waals surface area contributed by atoms with Gasteiger partial charge in [0.05, 0.1) is 19.2 Å². The number of likely N-dealkylation sites (N-methyl/N-ethyl adjacent to an activating group) is 1. The molecular formula is C20H29N4O6+. The fraction of sp³-hybridized carbons (Fsp3) is 0.450. The third-order valence-electron chi connectivity index (χ3n) is 5.11. The minimum absolute atomic E-state index is 0.0707. The second kappa shape index (κ2) is 10.2. The average molecular weight is 421 g/mol. The smallest absolute Gasteiger partial charge is 0.278 e. The number of aliphatic hydroxyl groups is 2. The molecule has 164 valence electrons. The van der Waals surface area contributed by atoms with Gasteiger partial charge in [-0.1, -0.05) is 18.2 Å². The molecule has 3 amide bonds. The summed E-state index contributed by atoms with van der Waals surface area (Å²) >= 11 is 0. The summed E-state index contributed by atoms with van der Waals surface area (Å²) in [7, 11) is 1.73. The van der Waals surface area contributed by atoms with Crippen LogP contribution in [0.25, 0.3) is 0 Å². The zero-order valence-corrected chi connectivity index (χ0v) is 16.9. The van der Waals surface area contributed by atoms with Crippen LogP contribution in [0.3, 0.4) is 0 Å². The van der Waals surface area contributed by atoms with Gasteiger partial charge in [0.15, 0.2) is 6.04 Å². The van der Waals surface area contributed by atoms with Crippen molar-refractivity contribution >= 4 is 17.7 Å². The van der Waals surface area contributed by atoms with Gasteiger partial charge in [-0.05, 0) is 24.6 Å². The number of nitrogens with one attached hydrogen (secondary N) is 2. The van der Waals surface area contributed by atoms with Crippen LogP contribution in [0.4, 0.5) is 0 Å². The summed E-state index contributed by atoms with van der Waals surface area (Å²) in [5.74, 6) is -1.65. The Kier molecular flexibility index (Phi) is 7.93. The van der Waals surface area contributed by atoms with Crippen LogP contribution in [0.15, 0.2) is 35.9 Å². The molecule has 0 fully saturated rings. The number of amides is 3. The zero-order valence-electron chi connectivity index (χ0n) is 16.9. The number of hydrogen-bond donors (Lipinski definition) is 7. The predicted molar refractivity (Wildman–Crippen MR) is 107 cm³/mol. The fourth-order valence-corrected chi connectivity index (χ4v) is 3.05. The van der Waals surface area contributed by atoms with Gasteiger partial charge in [0.1, 0.15) is 17.9 Å². The number of carbonyl (C=O) groups excluding carboxylic acids is 3. The van der Waals surface area contributed by atoms with Crippen LogP contribution in [0.2, 0.25) is 0 Å². The van der Waals surface area contributed by atoms with Crippen molar-refractivity contribution in [3.8, 4) is 5.75 Å². The highest BCUT2D eigenvalue weighted by atomic mass is 16.3. The van der Waals surface area contributed by atoms with Gasteiger partial charge in [-0.15, -0.1) is 0 Å². The van der Waals surface area contributed by atoms with Gasteiger partial charge in [0, 0.05) is 18.4 Å². The van der Waals surface area contributed by atoms with Crippen molar-refractivity contribution < 1.29 is 35.0 Å². The van der Waals surface area contributed by atoms with Gasteiger partial charge in [-0.2, -0.15) is 0 Å². The summed E-state index contributed by atoms with van der Waals surface area (Å²) in [6.07, 6.45) is -1.17. The fourth-order valence-electron chi connectivity index (χ4n) is 3.05. The number of phenolic OH excluding ortho intramolecular Hbond substituents is 1. The predicted octanol–water partition coefficient (Wildman–Crippen LogP) is -2.98. The van der Waals surface area contributed by atoms with Crippen molar-refractivity contribution in [2.24, 2.45) is 5.73 Å². The number of quaternary nitrogens is 1. The van der Waals surface area contributed by atoms with E-state index in [9.17, 15) is 29.7 Å². The number of hydrogen-bond acceptors (Lipinski definition) is 6. The molecule has 0 spiro atoms. The first-order chi connectivity index (χ1) is 14.1. The highest BCUT2D eigenvalue weighted by Gasteiger charge is 2.35. The number of aromatic hydroxyl groups is 1. The van der Waals surface area contributed by atoms with Crippen molar-refractivity contribution in [2.75, 3.05) is 7.05 Å². The lowest BCUT2D eigenvalue weighted by Gasteiger charge is -2.31. The van der Waals surface area contributed by atoms with E-state index in [4.69, 9.17) is 5.73 Å². The van der Waals surface area contributed by atoms with E-state index in [0.29, 0.717) is 5.56 Å². The second-order valence-electron chi connectivity index (χ2n) is 7.41. The highest BCUT2D eigenvalue weighted by Crippen LogP contribution is 2.20. The van der Waals surface area contributed by atoms with E-state index in [1.807, 2.05) is 0 Å². The van der Waals surface area contributed by atoms with Crippen molar-refractivity contribution in [1.82, 2.24) is 10.6 Å². The van der Waals surface area contributed by atoms with Gasteiger partial charge in [-0.3, -0.25) is 14.4 Å². The summed E-state index contributed by atoms with van der Waals surface area (Å²) in [4.78, 5) is 36.6. The molecule has 1 aliphatic rings. The number of nitrogens with two attached hydrogens (primary N) is 2. The number of rotatable bonds is 8. The lowest BCUT2D eigenvalue weighted by Crippen LogP contribution is -2.88. The van der Waals surface area contributed by atoms with Crippen LogP contribution in [0, 0.1) is 0 Å². The van der Waals surface area contributed by atoms with Gasteiger partial charge in [0.2, 0.25) is 11.8 Å². The maximum Gasteiger partial charge on any atom is 0.278 e. The molecule has 0 aliphatic heterocycles. The minimum atomic E-state index is -1.27. The Bertz CT molecular complexity index is 810. The minimum Gasteiger partial charge on any atom is -0.508 e. The Balaban J connectivity index is 2.13.